The summed E-state index contributed by atoms with van der Waals surface area (Å²) in [6, 6.07) is 0.339. The maximum absolute atomic E-state index is 3.78. The molecular formula is C6H13N3. The van der Waals surface area contributed by atoms with Gasteiger partial charge in [-0.15, -0.1) is 0 Å². The lowest BCUT2D eigenvalue weighted by molar-refractivity contribution is 0.306. The number of rotatable bonds is 3. The number of hydrogen-bond acceptors (Lipinski definition) is 2. The first-order valence-electron chi connectivity index (χ1n) is 2.93. The lowest BCUT2D eigenvalue weighted by Gasteiger charge is -2.15. The first-order valence-corrected chi connectivity index (χ1v) is 2.93. The smallest absolute Gasteiger partial charge is 0.0509 e. The van der Waals surface area contributed by atoms with Crippen molar-refractivity contribution in [1.82, 2.24) is 5.01 Å². The van der Waals surface area contributed by atoms with Crippen molar-refractivity contribution in [3.63, 3.8) is 0 Å². The van der Waals surface area contributed by atoms with Gasteiger partial charge in [0.05, 0.1) is 7.05 Å². The lowest BCUT2D eigenvalue weighted by atomic mass is 10.4. The van der Waals surface area contributed by atoms with E-state index in [-0.39, 0.29) is 0 Å². The Morgan fingerprint density at radius 2 is 2.11 bits per heavy atom. The van der Waals surface area contributed by atoms with Crippen LogP contribution >= 0.6 is 0 Å². The molecule has 0 radical (unpaired) electrons. The highest BCUT2D eigenvalue weighted by molar-refractivity contribution is 4.68. The van der Waals surface area contributed by atoms with Gasteiger partial charge in [-0.05, 0) is 13.8 Å². The standard InChI is InChI=1S/C6H13N3/c1-5-9(6(2)3)8-7-4/h5-6H,1H2,2-4H3/b8-7-. The van der Waals surface area contributed by atoms with Crippen LogP contribution in [0.5, 0.6) is 0 Å². The Bertz CT molecular complexity index is 107. The minimum Gasteiger partial charge on any atom is -0.253 e. The second kappa shape index (κ2) is 4.06. The predicted octanol–water partition coefficient (Wildman–Crippen LogP) is 1.84. The molecule has 9 heavy (non-hydrogen) atoms. The van der Waals surface area contributed by atoms with Crippen molar-refractivity contribution in [3.8, 4) is 0 Å². The molecule has 0 aromatic heterocycles. The van der Waals surface area contributed by atoms with Crippen molar-refractivity contribution in [2.24, 2.45) is 10.3 Å². The third-order valence-electron chi connectivity index (χ3n) is 0.909. The average Bonchev–Trinajstić information content (AvgIpc) is 1.82. The molecule has 0 amide bonds. The van der Waals surface area contributed by atoms with Crippen molar-refractivity contribution in [3.05, 3.63) is 12.8 Å². The molecule has 0 fully saturated rings. The van der Waals surface area contributed by atoms with Crippen LogP contribution in [0.1, 0.15) is 13.8 Å². The van der Waals surface area contributed by atoms with Crippen molar-refractivity contribution in [1.29, 1.82) is 0 Å². The zero-order chi connectivity index (χ0) is 7.28. The van der Waals surface area contributed by atoms with E-state index in [0.717, 1.165) is 0 Å². The molecule has 0 saturated carbocycles. The molecule has 0 atom stereocenters. The highest BCUT2D eigenvalue weighted by Gasteiger charge is 1.98. The molecule has 0 unspecified atom stereocenters. The molecule has 0 spiro atoms. The molecule has 0 heterocycles. The highest BCUT2D eigenvalue weighted by Crippen LogP contribution is 1.97. The Morgan fingerprint density at radius 3 is 2.22 bits per heavy atom. The highest BCUT2D eigenvalue weighted by atomic mass is 15.5. The van der Waals surface area contributed by atoms with Gasteiger partial charge in [0.2, 0.25) is 0 Å². The van der Waals surface area contributed by atoms with E-state index in [1.165, 1.54) is 0 Å². The van der Waals surface area contributed by atoms with Crippen LogP contribution in [0.3, 0.4) is 0 Å². The first kappa shape index (κ1) is 8.14. The summed E-state index contributed by atoms with van der Waals surface area (Å²) in [7, 11) is 1.64. The first-order chi connectivity index (χ1) is 4.22. The summed E-state index contributed by atoms with van der Waals surface area (Å²) in [5.41, 5.74) is 0. The lowest BCUT2D eigenvalue weighted by Crippen LogP contribution is -2.17. The Kier molecular flexibility index (Phi) is 3.67. The second-order valence-corrected chi connectivity index (χ2v) is 1.95. The topological polar surface area (TPSA) is 28.0 Å². The molecule has 3 heteroatoms. The summed E-state index contributed by atoms with van der Waals surface area (Å²) in [4.78, 5) is 0. The predicted molar refractivity (Wildman–Crippen MR) is 38.0 cm³/mol. The number of hydrogen-bond donors (Lipinski definition) is 0. The molecule has 0 aliphatic carbocycles. The fourth-order valence-electron chi connectivity index (χ4n) is 0.454. The van der Waals surface area contributed by atoms with Crippen molar-refractivity contribution < 1.29 is 0 Å². The van der Waals surface area contributed by atoms with Crippen LogP contribution in [-0.4, -0.2) is 18.1 Å². The van der Waals surface area contributed by atoms with Crippen LogP contribution in [0.4, 0.5) is 0 Å². The fraction of sp³-hybridized carbons (Fsp3) is 0.667. The zero-order valence-electron chi connectivity index (χ0n) is 6.20. The molecule has 52 valence electrons. The normalized spacial score (nSPS) is 10.7. The Balaban J connectivity index is 3.82. The Labute approximate surface area is 56.1 Å². The molecule has 0 rings (SSSR count). The van der Waals surface area contributed by atoms with E-state index in [0.29, 0.717) is 6.04 Å². The maximum atomic E-state index is 3.78. The van der Waals surface area contributed by atoms with E-state index in [2.05, 4.69) is 16.9 Å². The van der Waals surface area contributed by atoms with E-state index >= 15 is 0 Å². The summed E-state index contributed by atoms with van der Waals surface area (Å²) < 4.78 is 0. The molecule has 0 N–H and O–H groups in total. The van der Waals surface area contributed by atoms with Gasteiger partial charge in [0.15, 0.2) is 0 Å². The third-order valence-corrected chi connectivity index (χ3v) is 0.909. The van der Waals surface area contributed by atoms with Crippen LogP contribution in [-0.2, 0) is 0 Å². The van der Waals surface area contributed by atoms with Crippen LogP contribution in [0.25, 0.3) is 0 Å². The van der Waals surface area contributed by atoms with Crippen molar-refractivity contribution in [2.45, 2.75) is 19.9 Å². The fourth-order valence-corrected chi connectivity index (χ4v) is 0.454. The van der Waals surface area contributed by atoms with Gasteiger partial charge in [-0.3, -0.25) is 5.01 Å². The summed E-state index contributed by atoms with van der Waals surface area (Å²) in [6.45, 7) is 7.62. The van der Waals surface area contributed by atoms with Crippen LogP contribution in [0.15, 0.2) is 23.1 Å². The van der Waals surface area contributed by atoms with Gasteiger partial charge in [-0.25, -0.2) is 0 Å². The summed E-state index contributed by atoms with van der Waals surface area (Å²) in [5.74, 6) is 0. The molecule has 0 aliphatic rings. The van der Waals surface area contributed by atoms with E-state index in [1.54, 1.807) is 18.3 Å². The molecular weight excluding hydrogens is 114 g/mol. The zero-order valence-corrected chi connectivity index (χ0v) is 6.20. The number of nitrogens with zero attached hydrogens (tertiary/aromatic N) is 3. The van der Waals surface area contributed by atoms with Gasteiger partial charge < -0.3 is 0 Å². The second-order valence-electron chi connectivity index (χ2n) is 1.95. The largest absolute Gasteiger partial charge is 0.253 e. The average molecular weight is 127 g/mol. The maximum Gasteiger partial charge on any atom is 0.0509 e. The third kappa shape index (κ3) is 2.85. The van der Waals surface area contributed by atoms with Gasteiger partial charge in [-0.1, -0.05) is 11.8 Å². The van der Waals surface area contributed by atoms with Gasteiger partial charge in [0, 0.05) is 12.2 Å². The Hall–Kier alpha value is -0.860. The molecule has 0 saturated heterocycles. The molecule has 0 aromatic carbocycles. The monoisotopic (exact) mass is 127 g/mol. The molecule has 0 bridgehead atoms. The van der Waals surface area contributed by atoms with Gasteiger partial charge in [-0.2, -0.15) is 5.11 Å². The quantitative estimate of drug-likeness (QED) is 0.420. The minimum atomic E-state index is 0.339. The van der Waals surface area contributed by atoms with Gasteiger partial charge in [0.25, 0.3) is 0 Å². The van der Waals surface area contributed by atoms with Crippen LogP contribution < -0.4 is 0 Å². The minimum absolute atomic E-state index is 0.339. The summed E-state index contributed by atoms with van der Waals surface area (Å²) in [5, 5.41) is 9.08. The van der Waals surface area contributed by atoms with Crippen molar-refractivity contribution in [2.75, 3.05) is 7.05 Å². The van der Waals surface area contributed by atoms with Gasteiger partial charge >= 0.3 is 0 Å². The molecule has 0 aliphatic heterocycles. The Morgan fingerprint density at radius 1 is 1.56 bits per heavy atom. The molecule has 0 aromatic rings. The van der Waals surface area contributed by atoms with Crippen LogP contribution in [0, 0.1) is 0 Å². The van der Waals surface area contributed by atoms with E-state index in [4.69, 9.17) is 0 Å². The van der Waals surface area contributed by atoms with E-state index < -0.39 is 0 Å². The van der Waals surface area contributed by atoms with Crippen LogP contribution in [0.2, 0.25) is 0 Å². The summed E-state index contributed by atoms with van der Waals surface area (Å²) in [6.07, 6.45) is 1.65. The van der Waals surface area contributed by atoms with Gasteiger partial charge in [0.1, 0.15) is 0 Å². The molecule has 3 nitrogen and oxygen atoms in total. The summed E-state index contributed by atoms with van der Waals surface area (Å²) >= 11 is 0. The SMILES string of the molecule is C=CN(/N=N\C)C(C)C. The van der Waals surface area contributed by atoms with Crippen molar-refractivity contribution >= 4 is 0 Å². The van der Waals surface area contributed by atoms with E-state index in [9.17, 15) is 0 Å². The van der Waals surface area contributed by atoms with E-state index in [1.807, 2.05) is 13.8 Å².